The lowest BCUT2D eigenvalue weighted by molar-refractivity contribution is 0.119. The Morgan fingerprint density at radius 2 is 1.77 bits per heavy atom. The third kappa shape index (κ3) is 7.01. The summed E-state index contributed by atoms with van der Waals surface area (Å²) in [6, 6.07) is 9.72. The van der Waals surface area contributed by atoms with Crippen molar-refractivity contribution in [1.29, 1.82) is 0 Å². The standard InChI is InChI=1S/C24H38N4O.HI/c1-25-24(26-17-20-7-5-6-10-23(20)29-18-19-11-12-19)27-21-13-15-28(16-14-21)22-8-3-2-4-9-22;/h5-7,10,19,21-22H,2-4,8-9,11-18H2,1H3,(H2,25,26,27);1H. The molecule has 1 aromatic carbocycles. The molecular weight excluding hydrogens is 487 g/mol. The van der Waals surface area contributed by atoms with Gasteiger partial charge >= 0.3 is 0 Å². The molecule has 4 rings (SSSR count). The highest BCUT2D eigenvalue weighted by Crippen LogP contribution is 2.30. The second-order valence-electron chi connectivity index (χ2n) is 9.03. The summed E-state index contributed by atoms with van der Waals surface area (Å²) in [5, 5.41) is 7.15. The summed E-state index contributed by atoms with van der Waals surface area (Å²) in [4.78, 5) is 7.20. The molecule has 2 N–H and O–H groups in total. The second kappa shape index (κ2) is 12.1. The molecule has 30 heavy (non-hydrogen) atoms. The van der Waals surface area contributed by atoms with Crippen LogP contribution in [0.2, 0.25) is 0 Å². The summed E-state index contributed by atoms with van der Waals surface area (Å²) in [5.41, 5.74) is 1.20. The first-order chi connectivity index (χ1) is 14.3. The SMILES string of the molecule is CN=C(NCc1ccccc1OCC1CC1)NC1CCN(C2CCCCC2)CC1.I. The van der Waals surface area contributed by atoms with Crippen LogP contribution in [-0.4, -0.2) is 49.7 Å². The largest absolute Gasteiger partial charge is 0.493 e. The van der Waals surface area contributed by atoms with Crippen molar-refractivity contribution in [2.45, 2.75) is 76.4 Å². The molecule has 0 unspecified atom stereocenters. The van der Waals surface area contributed by atoms with E-state index in [4.69, 9.17) is 4.74 Å². The number of para-hydroxylation sites is 1. The van der Waals surface area contributed by atoms with Gasteiger partial charge in [0.1, 0.15) is 5.75 Å². The van der Waals surface area contributed by atoms with Crippen LogP contribution in [0.15, 0.2) is 29.3 Å². The van der Waals surface area contributed by atoms with Gasteiger partial charge in [-0.25, -0.2) is 0 Å². The Morgan fingerprint density at radius 1 is 1.03 bits per heavy atom. The van der Waals surface area contributed by atoms with Gasteiger partial charge in [0.05, 0.1) is 6.61 Å². The number of halogens is 1. The molecule has 0 amide bonds. The molecule has 0 bridgehead atoms. The topological polar surface area (TPSA) is 48.9 Å². The molecule has 0 spiro atoms. The molecule has 3 fully saturated rings. The van der Waals surface area contributed by atoms with Crippen LogP contribution in [0, 0.1) is 5.92 Å². The fourth-order valence-electron chi connectivity index (χ4n) is 4.70. The van der Waals surface area contributed by atoms with Gasteiger partial charge in [0.15, 0.2) is 5.96 Å². The number of ether oxygens (including phenoxy) is 1. The zero-order valence-corrected chi connectivity index (χ0v) is 20.8. The summed E-state index contributed by atoms with van der Waals surface area (Å²) in [6.07, 6.45) is 12.1. The Labute approximate surface area is 199 Å². The van der Waals surface area contributed by atoms with E-state index in [9.17, 15) is 0 Å². The predicted octanol–water partition coefficient (Wildman–Crippen LogP) is 4.56. The Bertz CT molecular complexity index is 665. The number of rotatable bonds is 7. The van der Waals surface area contributed by atoms with E-state index in [2.05, 4.69) is 44.8 Å². The highest BCUT2D eigenvalue weighted by molar-refractivity contribution is 14.0. The van der Waals surface area contributed by atoms with Gasteiger partial charge in [0.2, 0.25) is 0 Å². The van der Waals surface area contributed by atoms with Crippen LogP contribution in [0.5, 0.6) is 5.75 Å². The van der Waals surface area contributed by atoms with E-state index in [0.29, 0.717) is 6.04 Å². The molecule has 5 nitrogen and oxygen atoms in total. The first-order valence-electron chi connectivity index (χ1n) is 11.7. The molecule has 2 aliphatic carbocycles. The fraction of sp³-hybridized carbons (Fsp3) is 0.708. The Morgan fingerprint density at radius 3 is 2.47 bits per heavy atom. The third-order valence-corrected chi connectivity index (χ3v) is 6.78. The van der Waals surface area contributed by atoms with Crippen molar-refractivity contribution in [1.82, 2.24) is 15.5 Å². The zero-order valence-electron chi connectivity index (χ0n) is 18.4. The maximum atomic E-state index is 6.04. The summed E-state index contributed by atoms with van der Waals surface area (Å²) in [6.45, 7) is 4.03. The fourth-order valence-corrected chi connectivity index (χ4v) is 4.70. The smallest absolute Gasteiger partial charge is 0.191 e. The maximum absolute atomic E-state index is 6.04. The second-order valence-corrected chi connectivity index (χ2v) is 9.03. The van der Waals surface area contributed by atoms with Gasteiger partial charge in [-0.05, 0) is 50.5 Å². The van der Waals surface area contributed by atoms with Crippen molar-refractivity contribution in [3.05, 3.63) is 29.8 Å². The number of benzene rings is 1. The lowest BCUT2D eigenvalue weighted by Gasteiger charge is -2.39. The van der Waals surface area contributed by atoms with Crippen molar-refractivity contribution in [3.63, 3.8) is 0 Å². The number of likely N-dealkylation sites (tertiary alicyclic amines) is 1. The summed E-state index contributed by atoms with van der Waals surface area (Å²) >= 11 is 0. The molecule has 6 heteroatoms. The van der Waals surface area contributed by atoms with Crippen LogP contribution in [0.4, 0.5) is 0 Å². The van der Waals surface area contributed by atoms with Crippen LogP contribution in [-0.2, 0) is 6.54 Å². The lowest BCUT2D eigenvalue weighted by atomic mass is 9.92. The number of guanidine groups is 1. The van der Waals surface area contributed by atoms with Gasteiger partial charge in [0.25, 0.3) is 0 Å². The normalized spacial score (nSPS) is 21.7. The van der Waals surface area contributed by atoms with Crippen LogP contribution in [0.25, 0.3) is 0 Å². The Balaban J connectivity index is 0.00000256. The van der Waals surface area contributed by atoms with Crippen molar-refractivity contribution in [3.8, 4) is 5.75 Å². The van der Waals surface area contributed by atoms with E-state index in [1.54, 1.807) is 0 Å². The number of aliphatic imine (C=N–C) groups is 1. The molecule has 0 aromatic heterocycles. The summed E-state index contributed by atoms with van der Waals surface area (Å²) < 4.78 is 6.04. The average Bonchev–Trinajstić information content (AvgIpc) is 3.61. The number of piperidine rings is 1. The number of hydrogen-bond donors (Lipinski definition) is 2. The minimum Gasteiger partial charge on any atom is -0.493 e. The van der Waals surface area contributed by atoms with Crippen molar-refractivity contribution >= 4 is 29.9 Å². The Kier molecular flexibility index (Phi) is 9.56. The molecule has 3 aliphatic rings. The number of nitrogens with one attached hydrogen (secondary N) is 2. The van der Waals surface area contributed by atoms with E-state index >= 15 is 0 Å². The van der Waals surface area contributed by atoms with Gasteiger partial charge in [-0.3, -0.25) is 4.99 Å². The van der Waals surface area contributed by atoms with Crippen molar-refractivity contribution < 1.29 is 4.74 Å². The van der Waals surface area contributed by atoms with Gasteiger partial charge in [-0.15, -0.1) is 24.0 Å². The highest BCUT2D eigenvalue weighted by Gasteiger charge is 2.26. The van der Waals surface area contributed by atoms with Crippen LogP contribution in [0.3, 0.4) is 0 Å². The van der Waals surface area contributed by atoms with E-state index in [1.807, 2.05) is 7.05 Å². The maximum Gasteiger partial charge on any atom is 0.191 e. The quantitative estimate of drug-likeness (QED) is 0.311. The van der Waals surface area contributed by atoms with Crippen LogP contribution < -0.4 is 15.4 Å². The van der Waals surface area contributed by atoms with Gasteiger partial charge < -0.3 is 20.3 Å². The number of hydrogen-bond acceptors (Lipinski definition) is 3. The average molecular weight is 527 g/mol. The first-order valence-corrected chi connectivity index (χ1v) is 11.7. The molecule has 1 heterocycles. The first kappa shape index (κ1) is 23.6. The van der Waals surface area contributed by atoms with Gasteiger partial charge in [-0.2, -0.15) is 0 Å². The molecule has 0 radical (unpaired) electrons. The summed E-state index contributed by atoms with van der Waals surface area (Å²) in [7, 11) is 1.86. The molecule has 1 aliphatic heterocycles. The molecule has 2 saturated carbocycles. The summed E-state index contributed by atoms with van der Waals surface area (Å²) in [5.74, 6) is 2.67. The van der Waals surface area contributed by atoms with Gasteiger partial charge in [0, 0.05) is 44.3 Å². The lowest BCUT2D eigenvalue weighted by Crippen LogP contribution is -2.50. The minimum absolute atomic E-state index is 0. The van der Waals surface area contributed by atoms with Crippen LogP contribution >= 0.6 is 24.0 Å². The molecule has 0 atom stereocenters. The monoisotopic (exact) mass is 526 g/mol. The van der Waals surface area contributed by atoms with Gasteiger partial charge in [-0.1, -0.05) is 37.5 Å². The van der Waals surface area contributed by atoms with Crippen molar-refractivity contribution in [2.75, 3.05) is 26.7 Å². The Hall–Kier alpha value is -1.02. The van der Waals surface area contributed by atoms with E-state index in [1.165, 1.54) is 76.4 Å². The van der Waals surface area contributed by atoms with Crippen LogP contribution in [0.1, 0.15) is 63.4 Å². The number of nitrogens with zero attached hydrogens (tertiary/aromatic N) is 2. The van der Waals surface area contributed by atoms with E-state index in [-0.39, 0.29) is 24.0 Å². The third-order valence-electron chi connectivity index (χ3n) is 6.78. The predicted molar refractivity (Wildman–Crippen MR) is 135 cm³/mol. The molecular formula is C24H39IN4O. The zero-order chi connectivity index (χ0) is 19.9. The van der Waals surface area contributed by atoms with E-state index in [0.717, 1.165) is 36.8 Å². The molecule has 1 saturated heterocycles. The highest BCUT2D eigenvalue weighted by atomic mass is 127. The minimum atomic E-state index is 0. The van der Waals surface area contributed by atoms with E-state index < -0.39 is 0 Å². The molecule has 1 aromatic rings. The molecule has 168 valence electrons. The van der Waals surface area contributed by atoms with Crippen molar-refractivity contribution in [2.24, 2.45) is 10.9 Å².